The Morgan fingerprint density at radius 2 is 0.828 bits per heavy atom. The molecule has 0 aliphatic carbocycles. The quantitative estimate of drug-likeness (QED) is 0.159. The second-order valence-corrected chi connectivity index (χ2v) is 14.5. The lowest BCUT2D eigenvalue weighted by atomic mass is 9.94. The first-order valence-corrected chi connectivity index (χ1v) is 19.4. The molecule has 0 fully saturated rings. The summed E-state index contributed by atoms with van der Waals surface area (Å²) in [5.74, 6) is 1.89. The summed E-state index contributed by atoms with van der Waals surface area (Å²) in [7, 11) is 0. The van der Waals surface area contributed by atoms with Crippen LogP contribution in [0.2, 0.25) is 0 Å². The van der Waals surface area contributed by atoms with Gasteiger partial charge in [0.1, 0.15) is 0 Å². The van der Waals surface area contributed by atoms with Crippen molar-refractivity contribution in [1.29, 1.82) is 0 Å². The number of benzene rings is 8. The molecule has 0 saturated carbocycles. The lowest BCUT2D eigenvalue weighted by molar-refractivity contribution is 1.07. The SMILES string of the molecule is c1ccc(-c2nc(-c3ccccc3)nc(-c3cccc(-c4ccc5nc(-c6ccccc6)c6c(ccc7ccc(-c8ccc9ccccc9c8)nc76)c5c4)c3)n2)cc1. The van der Waals surface area contributed by atoms with E-state index in [1.807, 2.05) is 66.7 Å². The second kappa shape index (κ2) is 14.0. The van der Waals surface area contributed by atoms with Crippen molar-refractivity contribution in [3.05, 3.63) is 200 Å². The van der Waals surface area contributed by atoms with E-state index in [-0.39, 0.29) is 0 Å². The van der Waals surface area contributed by atoms with E-state index in [0.29, 0.717) is 17.5 Å². The summed E-state index contributed by atoms with van der Waals surface area (Å²) in [6, 6.07) is 69.3. The Bertz CT molecular complexity index is 3270. The van der Waals surface area contributed by atoms with Gasteiger partial charge < -0.3 is 0 Å². The van der Waals surface area contributed by atoms with Gasteiger partial charge in [0.2, 0.25) is 0 Å². The molecular formula is C53H33N5. The van der Waals surface area contributed by atoms with Gasteiger partial charge in [-0.05, 0) is 57.6 Å². The van der Waals surface area contributed by atoms with Crippen LogP contribution in [0.5, 0.6) is 0 Å². The van der Waals surface area contributed by atoms with Crippen LogP contribution in [-0.2, 0) is 0 Å². The molecule has 58 heavy (non-hydrogen) atoms. The first-order valence-electron chi connectivity index (χ1n) is 19.4. The van der Waals surface area contributed by atoms with Gasteiger partial charge in [-0.3, -0.25) is 0 Å². The van der Waals surface area contributed by atoms with Crippen LogP contribution in [0.1, 0.15) is 0 Å². The maximum Gasteiger partial charge on any atom is 0.164 e. The summed E-state index contributed by atoms with van der Waals surface area (Å²) in [6.45, 7) is 0. The molecule has 5 heteroatoms. The first kappa shape index (κ1) is 33.4. The maximum absolute atomic E-state index is 5.40. The number of hydrogen-bond donors (Lipinski definition) is 0. The van der Waals surface area contributed by atoms with E-state index in [0.717, 1.165) is 82.9 Å². The Hall–Kier alpha value is -7.89. The van der Waals surface area contributed by atoms with Gasteiger partial charge in [0.15, 0.2) is 17.5 Å². The van der Waals surface area contributed by atoms with E-state index >= 15 is 0 Å². The van der Waals surface area contributed by atoms with Crippen LogP contribution in [0.25, 0.3) is 111 Å². The molecule has 5 nitrogen and oxygen atoms in total. The molecule has 0 radical (unpaired) electrons. The molecule has 0 N–H and O–H groups in total. The van der Waals surface area contributed by atoms with Crippen molar-refractivity contribution in [2.24, 2.45) is 0 Å². The molecule has 270 valence electrons. The van der Waals surface area contributed by atoms with Crippen molar-refractivity contribution in [1.82, 2.24) is 24.9 Å². The topological polar surface area (TPSA) is 64.5 Å². The van der Waals surface area contributed by atoms with Gasteiger partial charge in [-0.25, -0.2) is 24.9 Å². The normalized spacial score (nSPS) is 11.4. The molecule has 0 saturated heterocycles. The smallest absolute Gasteiger partial charge is 0.164 e. The molecule has 0 aliphatic heterocycles. The Morgan fingerprint density at radius 1 is 0.276 bits per heavy atom. The average molecular weight is 740 g/mol. The van der Waals surface area contributed by atoms with Crippen molar-refractivity contribution in [2.45, 2.75) is 0 Å². The molecule has 3 aromatic heterocycles. The summed E-state index contributed by atoms with van der Waals surface area (Å²) in [5.41, 5.74) is 10.8. The van der Waals surface area contributed by atoms with Crippen molar-refractivity contribution in [3.8, 4) is 67.8 Å². The highest BCUT2D eigenvalue weighted by Crippen LogP contribution is 2.39. The van der Waals surface area contributed by atoms with Crippen LogP contribution in [0.15, 0.2) is 200 Å². The van der Waals surface area contributed by atoms with Gasteiger partial charge in [-0.15, -0.1) is 0 Å². The Morgan fingerprint density at radius 3 is 1.55 bits per heavy atom. The predicted octanol–water partition coefficient (Wildman–Crippen LogP) is 13.3. The van der Waals surface area contributed by atoms with E-state index in [4.69, 9.17) is 24.9 Å². The van der Waals surface area contributed by atoms with Crippen LogP contribution >= 0.6 is 0 Å². The molecule has 0 bridgehead atoms. The highest BCUT2D eigenvalue weighted by molar-refractivity contribution is 6.20. The minimum atomic E-state index is 0.620. The molecule has 0 atom stereocenters. The van der Waals surface area contributed by atoms with E-state index in [1.54, 1.807) is 0 Å². The lowest BCUT2D eigenvalue weighted by Crippen LogP contribution is -2.00. The van der Waals surface area contributed by atoms with E-state index in [9.17, 15) is 0 Å². The Balaban J connectivity index is 1.08. The number of rotatable bonds is 6. The lowest BCUT2D eigenvalue weighted by Gasteiger charge is -2.14. The van der Waals surface area contributed by atoms with Crippen LogP contribution in [0.3, 0.4) is 0 Å². The monoisotopic (exact) mass is 739 g/mol. The van der Waals surface area contributed by atoms with Crippen molar-refractivity contribution >= 4 is 43.4 Å². The molecule has 0 unspecified atom stereocenters. The number of fused-ring (bicyclic) bond motifs is 6. The van der Waals surface area contributed by atoms with Gasteiger partial charge in [-0.2, -0.15) is 0 Å². The van der Waals surface area contributed by atoms with Crippen molar-refractivity contribution in [3.63, 3.8) is 0 Å². The van der Waals surface area contributed by atoms with E-state index in [1.165, 1.54) is 10.8 Å². The highest BCUT2D eigenvalue weighted by atomic mass is 15.0. The molecule has 11 aromatic rings. The third-order valence-electron chi connectivity index (χ3n) is 10.9. The summed E-state index contributed by atoms with van der Waals surface area (Å²) in [4.78, 5) is 25.7. The van der Waals surface area contributed by atoms with E-state index in [2.05, 4.69) is 133 Å². The minimum Gasteiger partial charge on any atom is -0.247 e. The van der Waals surface area contributed by atoms with Crippen LogP contribution in [0.4, 0.5) is 0 Å². The molecule has 3 heterocycles. The van der Waals surface area contributed by atoms with E-state index < -0.39 is 0 Å². The molecule has 0 aliphatic rings. The first-order chi connectivity index (χ1) is 28.7. The number of pyridine rings is 2. The zero-order valence-corrected chi connectivity index (χ0v) is 31.3. The molecule has 0 amide bonds. The van der Waals surface area contributed by atoms with Gasteiger partial charge in [-0.1, -0.05) is 170 Å². The summed E-state index contributed by atoms with van der Waals surface area (Å²) in [5, 5.41) is 6.68. The zero-order valence-electron chi connectivity index (χ0n) is 31.3. The van der Waals surface area contributed by atoms with Crippen molar-refractivity contribution < 1.29 is 0 Å². The second-order valence-electron chi connectivity index (χ2n) is 14.5. The molecule has 8 aromatic carbocycles. The summed E-state index contributed by atoms with van der Waals surface area (Å²) >= 11 is 0. The Labute approximate surface area is 335 Å². The van der Waals surface area contributed by atoms with Gasteiger partial charge in [0, 0.05) is 44.0 Å². The van der Waals surface area contributed by atoms with Crippen LogP contribution < -0.4 is 0 Å². The third kappa shape index (κ3) is 6.03. The van der Waals surface area contributed by atoms with Crippen LogP contribution in [0, 0.1) is 0 Å². The maximum atomic E-state index is 5.40. The third-order valence-corrected chi connectivity index (χ3v) is 10.9. The number of aromatic nitrogens is 5. The molecule has 0 spiro atoms. The zero-order chi connectivity index (χ0) is 38.4. The van der Waals surface area contributed by atoms with Gasteiger partial charge in [0.05, 0.1) is 22.4 Å². The molecule has 11 rings (SSSR count). The summed E-state index contributed by atoms with van der Waals surface area (Å²) < 4.78 is 0. The molecular weight excluding hydrogens is 707 g/mol. The number of nitrogens with zero attached hydrogens (tertiary/aromatic N) is 5. The fraction of sp³-hybridized carbons (Fsp3) is 0. The highest BCUT2D eigenvalue weighted by Gasteiger charge is 2.17. The minimum absolute atomic E-state index is 0.620. The Kier molecular flexibility index (Phi) is 8.07. The fourth-order valence-electron chi connectivity index (χ4n) is 7.95. The van der Waals surface area contributed by atoms with Crippen molar-refractivity contribution in [2.75, 3.05) is 0 Å². The summed E-state index contributed by atoms with van der Waals surface area (Å²) in [6.07, 6.45) is 0. The average Bonchev–Trinajstić information content (AvgIpc) is 3.31. The predicted molar refractivity (Wildman–Crippen MR) is 238 cm³/mol. The van der Waals surface area contributed by atoms with Crippen LogP contribution in [-0.4, -0.2) is 24.9 Å². The number of hydrogen-bond acceptors (Lipinski definition) is 5. The largest absolute Gasteiger partial charge is 0.247 e. The van der Waals surface area contributed by atoms with Gasteiger partial charge >= 0.3 is 0 Å². The fourth-order valence-corrected chi connectivity index (χ4v) is 7.95. The standard InChI is InChI=1S/C53H33N5/c1-4-14-35(15-5-1)49-48-44(28-25-36-26-29-46(54-50(36)48)42-24-23-34-13-10-11-20-39(34)31-42)45-33-41(27-30-47(45)55-49)40-21-12-22-43(32-40)53-57-51(37-16-6-2-7-17-37)56-52(58-53)38-18-8-3-9-19-38/h1-33H. The van der Waals surface area contributed by atoms with Gasteiger partial charge in [0.25, 0.3) is 0 Å².